The molecule has 2 aromatic rings. The molecule has 0 aliphatic carbocycles. The third-order valence-corrected chi connectivity index (χ3v) is 3.56. The largest absolute Gasteiger partial charge is 0.497 e. The number of rotatable bonds is 5. The lowest BCUT2D eigenvalue weighted by molar-refractivity contribution is 0.0989. The van der Waals surface area contributed by atoms with E-state index in [9.17, 15) is 9.18 Å². The van der Waals surface area contributed by atoms with Crippen LogP contribution < -0.4 is 9.47 Å². The number of halogens is 2. The van der Waals surface area contributed by atoms with Crippen LogP contribution in [0, 0.1) is 5.82 Å². The highest BCUT2D eigenvalue weighted by atomic mass is 79.9. The van der Waals surface area contributed by atoms with E-state index in [2.05, 4.69) is 15.9 Å². The number of Topliss-reactive ketones (excluding diaryl/α,β-unsaturated/α-hetero) is 1. The second-order valence-corrected chi connectivity index (χ2v) is 5.32. The predicted octanol–water partition coefficient (Wildman–Crippen LogP) is 4.03. The van der Waals surface area contributed by atoms with Crippen LogP contribution in [0.15, 0.2) is 40.9 Å². The normalized spacial score (nSPS) is 10.3. The zero-order valence-corrected chi connectivity index (χ0v) is 13.2. The fourth-order valence-corrected chi connectivity index (χ4v) is 2.38. The van der Waals surface area contributed by atoms with Crippen molar-refractivity contribution in [1.82, 2.24) is 0 Å². The Kier molecular flexibility index (Phi) is 4.96. The third-order valence-electron chi connectivity index (χ3n) is 3.07. The fraction of sp³-hybridized carbons (Fsp3) is 0.188. The van der Waals surface area contributed by atoms with Gasteiger partial charge in [-0.15, -0.1) is 0 Å². The van der Waals surface area contributed by atoms with Gasteiger partial charge in [0.2, 0.25) is 0 Å². The second-order valence-electron chi connectivity index (χ2n) is 4.40. The first kappa shape index (κ1) is 15.5. The van der Waals surface area contributed by atoms with Gasteiger partial charge < -0.3 is 9.47 Å². The van der Waals surface area contributed by atoms with E-state index in [4.69, 9.17) is 9.47 Å². The number of methoxy groups -OCH3 is 2. The SMILES string of the molecule is COc1ccc(C(=O)Cc2cc(Br)ccc2F)c(OC)c1. The molecule has 21 heavy (non-hydrogen) atoms. The van der Waals surface area contributed by atoms with Gasteiger partial charge in [0.25, 0.3) is 0 Å². The Labute approximate surface area is 130 Å². The van der Waals surface area contributed by atoms with Crippen molar-refractivity contribution in [3.05, 3.63) is 57.8 Å². The monoisotopic (exact) mass is 352 g/mol. The van der Waals surface area contributed by atoms with Crippen molar-refractivity contribution in [2.24, 2.45) is 0 Å². The highest BCUT2D eigenvalue weighted by Gasteiger charge is 2.16. The molecule has 0 heterocycles. The van der Waals surface area contributed by atoms with Crippen molar-refractivity contribution in [3.8, 4) is 11.5 Å². The Hall–Kier alpha value is -1.88. The molecule has 0 aliphatic rings. The lowest BCUT2D eigenvalue weighted by Crippen LogP contribution is -2.07. The Morgan fingerprint density at radius 3 is 2.57 bits per heavy atom. The van der Waals surface area contributed by atoms with Crippen LogP contribution in [-0.4, -0.2) is 20.0 Å². The number of carbonyl (C=O) groups excluding carboxylic acids is 1. The van der Waals surface area contributed by atoms with E-state index >= 15 is 0 Å². The summed E-state index contributed by atoms with van der Waals surface area (Å²) in [4.78, 5) is 12.4. The first-order valence-corrected chi connectivity index (χ1v) is 7.03. The molecule has 0 fully saturated rings. The highest BCUT2D eigenvalue weighted by Crippen LogP contribution is 2.26. The molecule has 0 radical (unpaired) electrons. The lowest BCUT2D eigenvalue weighted by Gasteiger charge is -2.10. The van der Waals surface area contributed by atoms with E-state index in [0.29, 0.717) is 22.6 Å². The Morgan fingerprint density at radius 2 is 1.90 bits per heavy atom. The van der Waals surface area contributed by atoms with Gasteiger partial charge in [-0.3, -0.25) is 4.79 Å². The summed E-state index contributed by atoms with van der Waals surface area (Å²) >= 11 is 3.27. The second kappa shape index (κ2) is 6.72. The van der Waals surface area contributed by atoms with E-state index in [1.54, 1.807) is 30.3 Å². The first-order chi connectivity index (χ1) is 10.0. The first-order valence-electron chi connectivity index (χ1n) is 6.24. The number of benzene rings is 2. The van der Waals surface area contributed by atoms with E-state index in [0.717, 1.165) is 4.47 Å². The zero-order valence-electron chi connectivity index (χ0n) is 11.7. The molecule has 5 heteroatoms. The molecule has 0 spiro atoms. The van der Waals surface area contributed by atoms with Crippen molar-refractivity contribution in [2.45, 2.75) is 6.42 Å². The van der Waals surface area contributed by atoms with E-state index in [1.807, 2.05) is 0 Å². The minimum Gasteiger partial charge on any atom is -0.497 e. The van der Waals surface area contributed by atoms with Crippen molar-refractivity contribution in [1.29, 1.82) is 0 Å². The van der Waals surface area contributed by atoms with Crippen LogP contribution in [0.1, 0.15) is 15.9 Å². The summed E-state index contributed by atoms with van der Waals surface area (Å²) in [6.45, 7) is 0. The minimum atomic E-state index is -0.404. The maximum Gasteiger partial charge on any atom is 0.171 e. The number of ketones is 1. The summed E-state index contributed by atoms with van der Waals surface area (Å²) in [6.07, 6.45) is -0.0338. The predicted molar refractivity (Wildman–Crippen MR) is 81.7 cm³/mol. The van der Waals surface area contributed by atoms with Gasteiger partial charge in [-0.05, 0) is 35.9 Å². The topological polar surface area (TPSA) is 35.5 Å². The molecular formula is C16H14BrFO3. The maximum atomic E-state index is 13.7. The van der Waals surface area contributed by atoms with Crippen LogP contribution in [0.2, 0.25) is 0 Å². The van der Waals surface area contributed by atoms with Crippen LogP contribution in [0.5, 0.6) is 11.5 Å². The lowest BCUT2D eigenvalue weighted by atomic mass is 10.0. The fourth-order valence-electron chi connectivity index (χ4n) is 1.98. The van der Waals surface area contributed by atoms with Crippen LogP contribution in [0.4, 0.5) is 4.39 Å². The number of hydrogen-bond donors (Lipinski definition) is 0. The average molecular weight is 353 g/mol. The standard InChI is InChI=1S/C16H14BrFO3/c1-20-12-4-5-13(16(9-12)21-2)15(19)8-10-7-11(17)3-6-14(10)18/h3-7,9H,8H2,1-2H3. The Balaban J connectivity index is 2.30. The molecule has 110 valence electrons. The molecular weight excluding hydrogens is 339 g/mol. The van der Waals surface area contributed by atoms with Crippen molar-refractivity contribution in [3.63, 3.8) is 0 Å². The zero-order chi connectivity index (χ0) is 15.4. The van der Waals surface area contributed by atoms with Gasteiger partial charge in [0.1, 0.15) is 17.3 Å². The molecule has 0 unspecified atom stereocenters. The minimum absolute atomic E-state index is 0.0338. The molecule has 0 saturated heterocycles. The summed E-state index contributed by atoms with van der Waals surface area (Å²) in [7, 11) is 3.01. The molecule has 3 nitrogen and oxygen atoms in total. The highest BCUT2D eigenvalue weighted by molar-refractivity contribution is 9.10. The van der Waals surface area contributed by atoms with Crippen LogP contribution in [0.3, 0.4) is 0 Å². The van der Waals surface area contributed by atoms with E-state index < -0.39 is 5.82 Å². The summed E-state index contributed by atoms with van der Waals surface area (Å²) < 4.78 is 24.7. The van der Waals surface area contributed by atoms with E-state index in [1.165, 1.54) is 20.3 Å². The molecule has 0 bridgehead atoms. The summed E-state index contributed by atoms with van der Waals surface area (Å²) in [5, 5.41) is 0. The molecule has 0 saturated carbocycles. The maximum absolute atomic E-state index is 13.7. The van der Waals surface area contributed by atoms with E-state index in [-0.39, 0.29) is 12.2 Å². The summed E-state index contributed by atoms with van der Waals surface area (Å²) in [6, 6.07) is 9.45. The smallest absolute Gasteiger partial charge is 0.171 e. The van der Waals surface area contributed by atoms with Crippen molar-refractivity contribution < 1.29 is 18.7 Å². The molecule has 2 aromatic carbocycles. The third kappa shape index (κ3) is 3.61. The quantitative estimate of drug-likeness (QED) is 0.762. The molecule has 0 atom stereocenters. The molecule has 0 amide bonds. The van der Waals surface area contributed by atoms with Crippen LogP contribution >= 0.6 is 15.9 Å². The van der Waals surface area contributed by atoms with Gasteiger partial charge in [0.15, 0.2) is 5.78 Å². The molecule has 0 aliphatic heterocycles. The van der Waals surface area contributed by atoms with Gasteiger partial charge in [0, 0.05) is 17.0 Å². The van der Waals surface area contributed by atoms with Crippen molar-refractivity contribution >= 4 is 21.7 Å². The number of hydrogen-bond acceptors (Lipinski definition) is 3. The molecule has 2 rings (SSSR count). The molecule has 0 N–H and O–H groups in total. The van der Waals surface area contributed by atoms with Crippen LogP contribution in [0.25, 0.3) is 0 Å². The summed E-state index contributed by atoms with van der Waals surface area (Å²) in [5.74, 6) is 0.386. The molecule has 0 aromatic heterocycles. The number of ether oxygens (including phenoxy) is 2. The number of carbonyl (C=O) groups is 1. The van der Waals surface area contributed by atoms with Gasteiger partial charge >= 0.3 is 0 Å². The van der Waals surface area contributed by atoms with Gasteiger partial charge in [-0.1, -0.05) is 15.9 Å². The Bertz CT molecular complexity index is 671. The van der Waals surface area contributed by atoms with Gasteiger partial charge in [0.05, 0.1) is 19.8 Å². The average Bonchev–Trinajstić information content (AvgIpc) is 2.50. The van der Waals surface area contributed by atoms with Gasteiger partial charge in [-0.2, -0.15) is 0 Å². The van der Waals surface area contributed by atoms with Gasteiger partial charge in [-0.25, -0.2) is 4.39 Å². The van der Waals surface area contributed by atoms with Crippen molar-refractivity contribution in [2.75, 3.05) is 14.2 Å². The summed E-state index contributed by atoms with van der Waals surface area (Å²) in [5.41, 5.74) is 0.741. The Morgan fingerprint density at radius 1 is 1.14 bits per heavy atom. The van der Waals surface area contributed by atoms with Crippen LogP contribution in [-0.2, 0) is 6.42 Å².